The van der Waals surface area contributed by atoms with Gasteiger partial charge in [0.2, 0.25) is 11.2 Å². The summed E-state index contributed by atoms with van der Waals surface area (Å²) in [7, 11) is 0. The maximum atomic E-state index is 13.7. The van der Waals surface area contributed by atoms with Gasteiger partial charge in [-0.3, -0.25) is 14.9 Å². The van der Waals surface area contributed by atoms with Crippen LogP contribution < -0.4 is 10.2 Å². The fourth-order valence-electron chi connectivity index (χ4n) is 2.47. The van der Waals surface area contributed by atoms with Crippen LogP contribution in [0.25, 0.3) is 16.6 Å². The second kappa shape index (κ2) is 6.44. The van der Waals surface area contributed by atoms with E-state index in [1.54, 1.807) is 0 Å². The Morgan fingerprint density at radius 3 is 2.41 bits per heavy atom. The molecule has 0 bridgehead atoms. The molecular weight excluding hydrogens is 373 g/mol. The summed E-state index contributed by atoms with van der Waals surface area (Å²) in [4.78, 5) is 33.0. The van der Waals surface area contributed by atoms with E-state index in [0.717, 1.165) is 29.0 Å². The number of carboxylic acid groups (broad SMARTS) is 1. The SMILES string of the molecule is O=C(O)Oc1cn(-c2ccc(F)c([N+](=O)[O-])c2)c2cc(F)c(F)cc2c1=O. The van der Waals surface area contributed by atoms with Crippen molar-refractivity contribution < 1.29 is 32.7 Å². The maximum absolute atomic E-state index is 13.7. The van der Waals surface area contributed by atoms with Gasteiger partial charge < -0.3 is 14.4 Å². The molecule has 1 N–H and O–H groups in total. The zero-order chi connectivity index (χ0) is 19.9. The van der Waals surface area contributed by atoms with Crippen molar-refractivity contribution in [1.82, 2.24) is 4.57 Å². The van der Waals surface area contributed by atoms with E-state index in [2.05, 4.69) is 4.74 Å². The van der Waals surface area contributed by atoms with Gasteiger partial charge in [-0.1, -0.05) is 0 Å². The highest BCUT2D eigenvalue weighted by molar-refractivity contribution is 5.83. The van der Waals surface area contributed by atoms with Gasteiger partial charge in [0.25, 0.3) is 0 Å². The molecule has 0 spiro atoms. The Hall–Kier alpha value is -3.89. The predicted molar refractivity (Wildman–Crippen MR) is 84.7 cm³/mol. The number of nitro benzene ring substituents is 1. The van der Waals surface area contributed by atoms with Crippen LogP contribution in [0.4, 0.5) is 23.7 Å². The molecule has 1 heterocycles. The molecule has 1 aromatic heterocycles. The van der Waals surface area contributed by atoms with Gasteiger partial charge >= 0.3 is 11.8 Å². The number of nitrogens with zero attached hydrogens (tertiary/aromatic N) is 2. The van der Waals surface area contributed by atoms with Crippen LogP contribution >= 0.6 is 0 Å². The molecule has 8 nitrogen and oxygen atoms in total. The molecule has 0 fully saturated rings. The summed E-state index contributed by atoms with van der Waals surface area (Å²) in [5.41, 5.74) is -2.31. The van der Waals surface area contributed by atoms with E-state index >= 15 is 0 Å². The number of halogens is 3. The van der Waals surface area contributed by atoms with Crippen molar-refractivity contribution in [2.45, 2.75) is 0 Å². The Kier molecular flexibility index (Phi) is 4.27. The highest BCUT2D eigenvalue weighted by Gasteiger charge is 2.20. The van der Waals surface area contributed by atoms with Crippen LogP contribution in [-0.4, -0.2) is 20.8 Å². The van der Waals surface area contributed by atoms with Gasteiger partial charge in [0.15, 0.2) is 17.4 Å². The van der Waals surface area contributed by atoms with E-state index in [4.69, 9.17) is 5.11 Å². The van der Waals surface area contributed by atoms with Crippen molar-refractivity contribution in [2.24, 2.45) is 0 Å². The lowest BCUT2D eigenvalue weighted by atomic mass is 10.1. The number of aromatic nitrogens is 1. The highest BCUT2D eigenvalue weighted by atomic mass is 19.2. The molecule has 0 unspecified atom stereocenters. The van der Waals surface area contributed by atoms with Gasteiger partial charge in [-0.15, -0.1) is 0 Å². The molecule has 0 atom stereocenters. The van der Waals surface area contributed by atoms with Gasteiger partial charge in [0.1, 0.15) is 0 Å². The Morgan fingerprint density at radius 2 is 1.78 bits per heavy atom. The number of hydrogen-bond acceptors (Lipinski definition) is 5. The molecular formula is C16H7F3N2O6. The van der Waals surface area contributed by atoms with Gasteiger partial charge in [0.05, 0.1) is 27.7 Å². The first kappa shape index (κ1) is 17.9. The lowest BCUT2D eigenvalue weighted by molar-refractivity contribution is -0.387. The number of carbonyl (C=O) groups is 1. The molecule has 0 aliphatic heterocycles. The average molecular weight is 380 g/mol. The molecule has 0 saturated heterocycles. The molecule has 138 valence electrons. The van der Waals surface area contributed by atoms with Crippen molar-refractivity contribution in [3.05, 3.63) is 74.3 Å². The maximum Gasteiger partial charge on any atom is 0.511 e. The third kappa shape index (κ3) is 3.17. The molecule has 0 aliphatic rings. The van der Waals surface area contributed by atoms with Crippen LogP contribution in [-0.2, 0) is 0 Å². The number of fused-ring (bicyclic) bond motifs is 1. The summed E-state index contributed by atoms with van der Waals surface area (Å²) in [5, 5.41) is 19.2. The molecule has 2 aromatic carbocycles. The van der Waals surface area contributed by atoms with E-state index in [1.165, 1.54) is 0 Å². The Morgan fingerprint density at radius 1 is 1.11 bits per heavy atom. The molecule has 0 saturated carbocycles. The van der Waals surface area contributed by atoms with E-state index in [1.807, 2.05) is 0 Å². The van der Waals surface area contributed by atoms with Gasteiger partial charge in [-0.05, 0) is 18.2 Å². The number of rotatable bonds is 3. The number of nitro groups is 1. The third-order valence-corrected chi connectivity index (χ3v) is 3.61. The fourth-order valence-corrected chi connectivity index (χ4v) is 2.47. The van der Waals surface area contributed by atoms with Crippen molar-refractivity contribution in [3.8, 4) is 11.4 Å². The van der Waals surface area contributed by atoms with Gasteiger partial charge in [-0.25, -0.2) is 13.6 Å². The first-order valence-electron chi connectivity index (χ1n) is 7.08. The van der Waals surface area contributed by atoms with Crippen LogP contribution in [0.2, 0.25) is 0 Å². The number of hydrogen-bond donors (Lipinski definition) is 1. The largest absolute Gasteiger partial charge is 0.511 e. The monoisotopic (exact) mass is 380 g/mol. The Labute approximate surface area is 146 Å². The molecule has 3 aromatic rings. The minimum atomic E-state index is -1.84. The zero-order valence-corrected chi connectivity index (χ0v) is 13.0. The van der Waals surface area contributed by atoms with Crippen LogP contribution in [0.15, 0.2) is 41.3 Å². The van der Waals surface area contributed by atoms with E-state index in [-0.39, 0.29) is 11.2 Å². The minimum absolute atomic E-state index is 0.116. The van der Waals surface area contributed by atoms with Crippen LogP contribution in [0.3, 0.4) is 0 Å². The molecule has 0 radical (unpaired) electrons. The lowest BCUT2D eigenvalue weighted by Gasteiger charge is -2.13. The summed E-state index contributed by atoms with van der Waals surface area (Å²) in [5.74, 6) is -4.59. The van der Waals surface area contributed by atoms with E-state index in [9.17, 15) is 32.9 Å². The summed E-state index contributed by atoms with van der Waals surface area (Å²) < 4.78 is 46.1. The van der Waals surface area contributed by atoms with Crippen LogP contribution in [0.1, 0.15) is 0 Å². The summed E-state index contributed by atoms with van der Waals surface area (Å²) in [6, 6.07) is 3.79. The van der Waals surface area contributed by atoms with E-state index < -0.39 is 50.8 Å². The minimum Gasteiger partial charge on any atom is -0.449 e. The van der Waals surface area contributed by atoms with E-state index in [0.29, 0.717) is 12.1 Å². The smallest absolute Gasteiger partial charge is 0.449 e. The second-order valence-electron chi connectivity index (χ2n) is 5.24. The van der Waals surface area contributed by atoms with Crippen molar-refractivity contribution >= 4 is 22.7 Å². The fraction of sp³-hybridized carbons (Fsp3) is 0. The summed E-state index contributed by atoms with van der Waals surface area (Å²) in [6.07, 6.45) is -1.02. The molecule has 0 amide bonds. The van der Waals surface area contributed by atoms with Crippen LogP contribution in [0.5, 0.6) is 5.75 Å². The Balaban J connectivity index is 2.41. The quantitative estimate of drug-likeness (QED) is 0.424. The number of benzene rings is 2. The van der Waals surface area contributed by atoms with Crippen LogP contribution in [0, 0.1) is 27.6 Å². The normalized spacial score (nSPS) is 10.8. The summed E-state index contributed by atoms with van der Waals surface area (Å²) >= 11 is 0. The van der Waals surface area contributed by atoms with Gasteiger partial charge in [0, 0.05) is 12.1 Å². The van der Waals surface area contributed by atoms with Crippen molar-refractivity contribution in [2.75, 3.05) is 0 Å². The predicted octanol–water partition coefficient (Wildman–Crippen LogP) is 3.37. The molecule has 27 heavy (non-hydrogen) atoms. The lowest BCUT2D eigenvalue weighted by Crippen LogP contribution is -2.16. The topological polar surface area (TPSA) is 112 Å². The van der Waals surface area contributed by atoms with Crippen molar-refractivity contribution in [3.63, 3.8) is 0 Å². The summed E-state index contributed by atoms with van der Waals surface area (Å²) in [6.45, 7) is 0. The first-order chi connectivity index (χ1) is 12.7. The average Bonchev–Trinajstić information content (AvgIpc) is 2.59. The molecule has 11 heteroatoms. The zero-order valence-electron chi connectivity index (χ0n) is 13.0. The molecule has 0 aliphatic carbocycles. The first-order valence-corrected chi connectivity index (χ1v) is 7.08. The van der Waals surface area contributed by atoms with Gasteiger partial charge in [-0.2, -0.15) is 4.39 Å². The second-order valence-corrected chi connectivity index (χ2v) is 5.24. The van der Waals surface area contributed by atoms with Crippen molar-refractivity contribution in [1.29, 1.82) is 0 Å². The number of ether oxygens (including phenoxy) is 1. The number of pyridine rings is 1. The highest BCUT2D eigenvalue weighted by Crippen LogP contribution is 2.26. The third-order valence-electron chi connectivity index (χ3n) is 3.61. The Bertz CT molecular complexity index is 1180. The molecule has 3 rings (SSSR count). The standard InChI is InChI=1S/C16H7F3N2O6/c17-9-2-1-7(3-13(9)21(25)26)20-6-14(27-16(23)24)15(22)8-4-10(18)11(19)5-12(8)20/h1-6H,(H,23,24).